The number of halogens is 1. The highest BCUT2D eigenvalue weighted by Crippen LogP contribution is 2.33. The number of pyridine rings is 2. The van der Waals surface area contributed by atoms with Gasteiger partial charge in [-0.1, -0.05) is 11.6 Å². The largest absolute Gasteiger partial charge is 0.481 e. The van der Waals surface area contributed by atoms with Gasteiger partial charge in [-0.25, -0.2) is 9.97 Å². The normalized spacial score (nSPS) is 13.1. The number of carbonyl (C=O) groups excluding carboxylic acids is 1. The molecule has 1 N–H and O–H groups in total. The fourth-order valence-electron chi connectivity index (χ4n) is 5.59. The van der Waals surface area contributed by atoms with E-state index in [1.165, 1.54) is 0 Å². The van der Waals surface area contributed by atoms with Crippen molar-refractivity contribution in [1.82, 2.24) is 34.8 Å². The molecule has 1 amide bonds. The number of aromatic nitrogens is 6. The van der Waals surface area contributed by atoms with Gasteiger partial charge in [-0.05, 0) is 60.4 Å². The summed E-state index contributed by atoms with van der Waals surface area (Å²) in [5.41, 5.74) is 8.06. The van der Waals surface area contributed by atoms with E-state index in [1.54, 1.807) is 64.4 Å². The molecule has 238 valence electrons. The molecule has 1 aliphatic rings. The molecule has 0 unspecified atom stereocenters. The second kappa shape index (κ2) is 14.3. The lowest BCUT2D eigenvalue weighted by Crippen LogP contribution is -2.41. The van der Waals surface area contributed by atoms with Crippen molar-refractivity contribution >= 4 is 45.3 Å². The van der Waals surface area contributed by atoms with Crippen molar-refractivity contribution in [3.05, 3.63) is 90.7 Å². The lowest BCUT2D eigenvalue weighted by Gasteiger charge is -2.32. The third-order valence-corrected chi connectivity index (χ3v) is 8.15. The number of hydrogen-bond acceptors (Lipinski definition) is 10. The molecule has 0 saturated carbocycles. The van der Waals surface area contributed by atoms with Gasteiger partial charge in [-0.15, -0.1) is 0 Å². The van der Waals surface area contributed by atoms with Gasteiger partial charge in [-0.2, -0.15) is 0 Å². The zero-order valence-electron chi connectivity index (χ0n) is 26.2. The fourth-order valence-corrected chi connectivity index (χ4v) is 5.80. The lowest BCUT2D eigenvalue weighted by molar-refractivity contribution is -0.129. The first-order valence-corrected chi connectivity index (χ1v) is 15.5. The van der Waals surface area contributed by atoms with Crippen LogP contribution in [0.4, 0.5) is 5.69 Å². The Hall–Kier alpha value is -5.42. The Kier molecular flexibility index (Phi) is 9.63. The molecule has 1 saturated heterocycles. The highest BCUT2D eigenvalue weighted by molar-refractivity contribution is 6.31. The summed E-state index contributed by atoms with van der Waals surface area (Å²) in [7, 11) is 3.19. The number of amides is 1. The summed E-state index contributed by atoms with van der Waals surface area (Å²) >= 11 is 6.13. The maximum Gasteiger partial charge on any atom is 0.219 e. The minimum atomic E-state index is 0.147. The summed E-state index contributed by atoms with van der Waals surface area (Å²) in [6.45, 7) is 3.20. The van der Waals surface area contributed by atoms with Crippen LogP contribution in [-0.4, -0.2) is 74.1 Å². The maximum atomic E-state index is 11.5. The molecular weight excluding hydrogens is 616 g/mol. The van der Waals surface area contributed by atoms with Crippen LogP contribution < -0.4 is 14.8 Å². The molecule has 4 aromatic heterocycles. The number of nitrogens with zero attached hydrogens (tertiary/aromatic N) is 7. The molecular formula is C35H33ClN8O3. The molecule has 0 radical (unpaired) electrons. The van der Waals surface area contributed by atoms with Gasteiger partial charge in [-0.3, -0.25) is 24.7 Å². The van der Waals surface area contributed by atoms with E-state index in [0.29, 0.717) is 22.8 Å². The van der Waals surface area contributed by atoms with E-state index in [2.05, 4.69) is 41.3 Å². The van der Waals surface area contributed by atoms with Crippen molar-refractivity contribution in [2.24, 2.45) is 0 Å². The minimum Gasteiger partial charge on any atom is -0.481 e. The molecule has 7 rings (SSSR count). The SMILES string of the molecule is COc1cc(-c2cc(Cl)cc3nccnc23)ccn1.COc1cc(-c2cc(NC3CCN(C(C)=O)CC3)cc3nccnc23)ccn1. The smallest absolute Gasteiger partial charge is 0.219 e. The van der Waals surface area contributed by atoms with Crippen LogP contribution in [0.5, 0.6) is 11.8 Å². The Balaban J connectivity index is 0.000000177. The molecule has 2 aromatic carbocycles. The molecule has 0 atom stereocenters. The number of methoxy groups -OCH3 is 2. The predicted octanol–water partition coefficient (Wildman–Crippen LogP) is 6.48. The lowest BCUT2D eigenvalue weighted by atomic mass is 10.0. The highest BCUT2D eigenvalue weighted by atomic mass is 35.5. The standard InChI is InChI=1S/C21H23N5O2.C14H10ClN3O/c1-14(27)26-9-4-16(5-10-26)25-17-12-18(15-3-6-23-20(11-15)28-2)21-19(13-17)22-7-8-24-21;1-19-13-6-9(2-3-17-13)11-7-10(15)8-12-14(11)18-5-4-16-12/h3,6-8,11-13,16,25H,4-5,9-10H2,1-2H3;2-8H,1H3. The van der Waals surface area contributed by atoms with Crippen LogP contribution in [0.3, 0.4) is 0 Å². The number of nitrogens with one attached hydrogen (secondary N) is 1. The number of hydrogen-bond donors (Lipinski definition) is 1. The molecule has 12 heteroatoms. The molecule has 5 heterocycles. The van der Waals surface area contributed by atoms with Gasteiger partial charge in [0.15, 0.2) is 0 Å². The van der Waals surface area contributed by atoms with Gasteiger partial charge < -0.3 is 19.7 Å². The fraction of sp³-hybridized carbons (Fsp3) is 0.229. The van der Waals surface area contributed by atoms with Crippen LogP contribution in [0.2, 0.25) is 5.02 Å². The van der Waals surface area contributed by atoms with Gasteiger partial charge >= 0.3 is 0 Å². The minimum absolute atomic E-state index is 0.147. The number of carbonyl (C=O) groups is 1. The van der Waals surface area contributed by atoms with Crippen molar-refractivity contribution in [3.63, 3.8) is 0 Å². The second-order valence-corrected chi connectivity index (χ2v) is 11.4. The van der Waals surface area contributed by atoms with Crippen molar-refractivity contribution in [2.45, 2.75) is 25.8 Å². The molecule has 0 aliphatic carbocycles. The van der Waals surface area contributed by atoms with E-state index in [1.807, 2.05) is 41.3 Å². The summed E-state index contributed by atoms with van der Waals surface area (Å²) in [4.78, 5) is 39.4. The average Bonchev–Trinajstić information content (AvgIpc) is 3.11. The Morgan fingerprint density at radius 1 is 0.723 bits per heavy atom. The number of likely N-dealkylation sites (tertiary alicyclic amines) is 1. The van der Waals surface area contributed by atoms with Crippen molar-refractivity contribution in [2.75, 3.05) is 32.6 Å². The molecule has 47 heavy (non-hydrogen) atoms. The monoisotopic (exact) mass is 648 g/mol. The van der Waals surface area contributed by atoms with Crippen LogP contribution in [0.1, 0.15) is 19.8 Å². The predicted molar refractivity (Wildman–Crippen MR) is 183 cm³/mol. The van der Waals surface area contributed by atoms with Crippen molar-refractivity contribution < 1.29 is 14.3 Å². The van der Waals surface area contributed by atoms with E-state index >= 15 is 0 Å². The first-order valence-electron chi connectivity index (χ1n) is 15.1. The Labute approximate surface area is 277 Å². The maximum absolute atomic E-state index is 11.5. The summed E-state index contributed by atoms with van der Waals surface area (Å²) in [5.74, 6) is 1.26. The number of ether oxygens (including phenoxy) is 2. The van der Waals surface area contributed by atoms with E-state index in [4.69, 9.17) is 21.1 Å². The molecule has 0 spiro atoms. The summed E-state index contributed by atoms with van der Waals surface area (Å²) in [6, 6.07) is 15.7. The third kappa shape index (κ3) is 7.36. The van der Waals surface area contributed by atoms with E-state index in [9.17, 15) is 4.79 Å². The Bertz CT molecular complexity index is 2030. The Morgan fingerprint density at radius 3 is 1.81 bits per heavy atom. The van der Waals surface area contributed by atoms with Gasteiger partial charge in [0, 0.05) is 97.2 Å². The summed E-state index contributed by atoms with van der Waals surface area (Å²) in [6.07, 6.45) is 12.0. The van der Waals surface area contributed by atoms with Crippen LogP contribution in [0, 0.1) is 0 Å². The first kappa shape index (κ1) is 31.6. The van der Waals surface area contributed by atoms with Gasteiger partial charge in [0.1, 0.15) is 0 Å². The summed E-state index contributed by atoms with van der Waals surface area (Å²) < 4.78 is 10.4. The van der Waals surface area contributed by atoms with Crippen LogP contribution >= 0.6 is 11.6 Å². The van der Waals surface area contributed by atoms with E-state index < -0.39 is 0 Å². The average molecular weight is 649 g/mol. The molecule has 1 aliphatic heterocycles. The van der Waals surface area contributed by atoms with Crippen LogP contribution in [0.15, 0.2) is 85.7 Å². The number of piperidine rings is 1. The highest BCUT2D eigenvalue weighted by Gasteiger charge is 2.21. The third-order valence-electron chi connectivity index (χ3n) is 7.93. The molecule has 0 bridgehead atoms. The topological polar surface area (TPSA) is 128 Å². The zero-order chi connectivity index (χ0) is 32.8. The van der Waals surface area contributed by atoms with Gasteiger partial charge in [0.25, 0.3) is 0 Å². The molecule has 6 aromatic rings. The number of anilines is 1. The first-order chi connectivity index (χ1) is 22.9. The second-order valence-electron chi connectivity index (χ2n) is 10.9. The zero-order valence-corrected chi connectivity index (χ0v) is 27.0. The van der Waals surface area contributed by atoms with Crippen molar-refractivity contribution in [1.29, 1.82) is 0 Å². The Morgan fingerprint density at radius 2 is 1.26 bits per heavy atom. The van der Waals surface area contributed by atoms with E-state index in [0.717, 1.165) is 75.9 Å². The molecule has 11 nitrogen and oxygen atoms in total. The van der Waals surface area contributed by atoms with Gasteiger partial charge in [0.2, 0.25) is 17.7 Å². The summed E-state index contributed by atoms with van der Waals surface area (Å²) in [5, 5.41) is 4.24. The quantitative estimate of drug-likeness (QED) is 0.214. The van der Waals surface area contributed by atoms with Crippen molar-refractivity contribution in [3.8, 4) is 34.0 Å². The van der Waals surface area contributed by atoms with Crippen LogP contribution in [0.25, 0.3) is 44.3 Å². The number of benzene rings is 2. The van der Waals surface area contributed by atoms with Gasteiger partial charge in [0.05, 0.1) is 36.3 Å². The van der Waals surface area contributed by atoms with E-state index in [-0.39, 0.29) is 5.91 Å². The van der Waals surface area contributed by atoms with Crippen LogP contribution in [-0.2, 0) is 4.79 Å². The molecule has 1 fully saturated rings. The number of fused-ring (bicyclic) bond motifs is 2. The number of rotatable bonds is 6.